The highest BCUT2D eigenvalue weighted by Crippen LogP contribution is 2.38. The number of hydrogen-bond donors (Lipinski definition) is 3. The van der Waals surface area contributed by atoms with Crippen LogP contribution in [0.4, 0.5) is 10.5 Å². The number of alkyl carbamates (subject to hydrolysis) is 1. The number of ether oxygens (including phenoxy) is 1. The van der Waals surface area contributed by atoms with Gasteiger partial charge in [-0.1, -0.05) is 49.7 Å². The molecule has 0 spiro atoms. The summed E-state index contributed by atoms with van der Waals surface area (Å²) in [6.45, 7) is 10.7. The number of carbonyl (C=O) groups excluding carboxylic acids is 3. The molecule has 0 bridgehead atoms. The van der Waals surface area contributed by atoms with Crippen LogP contribution in [0.5, 0.6) is 5.75 Å². The van der Waals surface area contributed by atoms with E-state index in [1.165, 1.54) is 17.0 Å². The van der Waals surface area contributed by atoms with E-state index in [1.807, 2.05) is 26.8 Å². The number of aryl methyl sites for hydroxylation is 1. The predicted octanol–water partition coefficient (Wildman–Crippen LogP) is 5.57. The number of aromatic hydroxyl groups is 1. The first-order valence-electron chi connectivity index (χ1n) is 12.4. The third-order valence-electron chi connectivity index (χ3n) is 5.98. The summed E-state index contributed by atoms with van der Waals surface area (Å²) in [6, 6.07) is 9.40. The molecular weight excluding hydrogens is 494 g/mol. The van der Waals surface area contributed by atoms with Crippen LogP contribution in [0.15, 0.2) is 42.5 Å². The average molecular weight is 530 g/mol. The molecule has 2 aromatic rings. The van der Waals surface area contributed by atoms with Crippen molar-refractivity contribution >= 4 is 35.2 Å². The van der Waals surface area contributed by atoms with Crippen LogP contribution >= 0.6 is 11.6 Å². The Hall–Kier alpha value is -3.26. The fourth-order valence-corrected chi connectivity index (χ4v) is 4.36. The van der Waals surface area contributed by atoms with Gasteiger partial charge in [0.25, 0.3) is 5.91 Å². The van der Waals surface area contributed by atoms with Crippen molar-refractivity contribution in [2.45, 2.75) is 78.1 Å². The molecule has 0 radical (unpaired) electrons. The number of nitrogens with one attached hydrogen (secondary N) is 2. The Morgan fingerprint density at radius 1 is 1.11 bits per heavy atom. The van der Waals surface area contributed by atoms with E-state index in [2.05, 4.69) is 10.6 Å². The molecule has 0 heterocycles. The molecule has 1 aliphatic rings. The van der Waals surface area contributed by atoms with E-state index in [9.17, 15) is 19.5 Å². The Bertz CT molecular complexity index is 1140. The summed E-state index contributed by atoms with van der Waals surface area (Å²) >= 11 is 6.37. The van der Waals surface area contributed by atoms with Gasteiger partial charge in [-0.3, -0.25) is 9.59 Å². The van der Waals surface area contributed by atoms with Gasteiger partial charge in [0.1, 0.15) is 23.4 Å². The van der Waals surface area contributed by atoms with E-state index in [0.29, 0.717) is 16.3 Å². The Kier molecular flexibility index (Phi) is 8.74. The third-order valence-corrected chi connectivity index (χ3v) is 6.30. The maximum absolute atomic E-state index is 14.0. The molecule has 2 aromatic carbocycles. The van der Waals surface area contributed by atoms with Gasteiger partial charge in [-0.2, -0.15) is 0 Å². The van der Waals surface area contributed by atoms with Crippen LogP contribution in [-0.2, 0) is 14.3 Å². The summed E-state index contributed by atoms with van der Waals surface area (Å²) in [6.07, 6.45) is 0.730. The molecule has 2 atom stereocenters. The highest BCUT2D eigenvalue weighted by atomic mass is 35.5. The zero-order chi connectivity index (χ0) is 27.5. The summed E-state index contributed by atoms with van der Waals surface area (Å²) < 4.78 is 5.39. The molecular formula is C28H36ClN3O5. The first-order valence-corrected chi connectivity index (χ1v) is 12.8. The minimum Gasteiger partial charge on any atom is -0.508 e. The number of amides is 3. The molecule has 1 fully saturated rings. The lowest BCUT2D eigenvalue weighted by atomic mass is 9.98. The second-order valence-corrected chi connectivity index (χ2v) is 11.2. The summed E-state index contributed by atoms with van der Waals surface area (Å²) in [5.74, 6) is -1.18. The van der Waals surface area contributed by atoms with Crippen LogP contribution in [0, 0.1) is 12.8 Å². The minimum atomic E-state index is -1.07. The van der Waals surface area contributed by atoms with Gasteiger partial charge < -0.3 is 25.4 Å². The van der Waals surface area contributed by atoms with Crippen LogP contribution in [0.1, 0.15) is 64.6 Å². The molecule has 37 heavy (non-hydrogen) atoms. The molecule has 3 rings (SSSR count). The molecule has 0 aromatic heterocycles. The summed E-state index contributed by atoms with van der Waals surface area (Å²) in [5.41, 5.74) is 0.935. The van der Waals surface area contributed by atoms with E-state index in [1.54, 1.807) is 45.0 Å². The highest BCUT2D eigenvalue weighted by molar-refractivity contribution is 6.34. The third kappa shape index (κ3) is 7.38. The number of nitrogens with zero attached hydrogens (tertiary/aromatic N) is 1. The van der Waals surface area contributed by atoms with Crippen molar-refractivity contribution in [1.82, 2.24) is 10.2 Å². The molecule has 2 unspecified atom stereocenters. The molecule has 3 N–H and O–H groups in total. The zero-order valence-corrected chi connectivity index (χ0v) is 22.9. The minimum absolute atomic E-state index is 0.0280. The molecule has 1 saturated carbocycles. The van der Waals surface area contributed by atoms with Crippen LogP contribution < -0.4 is 10.6 Å². The first kappa shape index (κ1) is 28.3. The second kappa shape index (κ2) is 11.4. The lowest BCUT2D eigenvalue weighted by Crippen LogP contribution is -2.55. The van der Waals surface area contributed by atoms with Crippen molar-refractivity contribution in [2.24, 2.45) is 5.92 Å². The Balaban J connectivity index is 2.01. The van der Waals surface area contributed by atoms with Gasteiger partial charge in [-0.05, 0) is 75.8 Å². The maximum Gasteiger partial charge on any atom is 0.408 e. The first-order chi connectivity index (χ1) is 17.3. The van der Waals surface area contributed by atoms with Crippen molar-refractivity contribution in [3.63, 3.8) is 0 Å². The van der Waals surface area contributed by atoms with Gasteiger partial charge in [0.15, 0.2) is 0 Å². The summed E-state index contributed by atoms with van der Waals surface area (Å²) in [7, 11) is 0. The number of para-hydroxylation sites is 1. The number of phenols is 1. The molecule has 0 saturated heterocycles. The topological polar surface area (TPSA) is 108 Å². The van der Waals surface area contributed by atoms with Gasteiger partial charge in [-0.25, -0.2) is 4.79 Å². The molecule has 8 nitrogen and oxygen atoms in total. The van der Waals surface area contributed by atoms with Crippen LogP contribution in [0.25, 0.3) is 0 Å². The number of benzene rings is 2. The zero-order valence-electron chi connectivity index (χ0n) is 22.2. The van der Waals surface area contributed by atoms with Gasteiger partial charge in [0.05, 0.1) is 10.7 Å². The number of rotatable bonds is 8. The molecule has 9 heteroatoms. The van der Waals surface area contributed by atoms with Gasteiger partial charge in [0, 0.05) is 6.04 Å². The lowest BCUT2D eigenvalue weighted by molar-refractivity contribution is -0.142. The number of carbonyl (C=O) groups is 3. The van der Waals surface area contributed by atoms with Crippen molar-refractivity contribution in [3.8, 4) is 5.75 Å². The molecule has 1 aliphatic carbocycles. The van der Waals surface area contributed by atoms with E-state index in [0.717, 1.165) is 18.4 Å². The number of halogens is 1. The van der Waals surface area contributed by atoms with Crippen LogP contribution in [0.2, 0.25) is 5.02 Å². The number of hydrogen-bond acceptors (Lipinski definition) is 5. The smallest absolute Gasteiger partial charge is 0.408 e. The quantitative estimate of drug-likeness (QED) is 0.414. The van der Waals surface area contributed by atoms with Gasteiger partial charge in [-0.15, -0.1) is 0 Å². The summed E-state index contributed by atoms with van der Waals surface area (Å²) in [4.78, 5) is 42.0. The van der Waals surface area contributed by atoms with E-state index in [4.69, 9.17) is 16.3 Å². The van der Waals surface area contributed by atoms with Crippen molar-refractivity contribution in [1.29, 1.82) is 0 Å². The fraction of sp³-hybridized carbons (Fsp3) is 0.464. The van der Waals surface area contributed by atoms with E-state index < -0.39 is 35.6 Å². The molecule has 3 amide bonds. The van der Waals surface area contributed by atoms with Crippen molar-refractivity contribution in [3.05, 3.63) is 58.6 Å². The standard InChI is InChI=1S/C28H36ClN3O5/c1-16(2)22(31-27(36)37-28(4,5)6)26(35)32(19-13-14-19)24(18-10-8-11-20(33)15-18)25(34)30-23-17(3)9-7-12-21(23)29/h7-12,15-16,19,22,24,33H,13-14H2,1-6H3,(H,30,34)(H,31,36). The molecule has 0 aliphatic heterocycles. The SMILES string of the molecule is Cc1cccc(Cl)c1NC(=O)C(c1cccc(O)c1)N(C(=O)C(NC(=O)OC(C)(C)C)C(C)C)C1CC1. The Labute approximate surface area is 223 Å². The average Bonchev–Trinajstić information content (AvgIpc) is 3.61. The van der Waals surface area contributed by atoms with Gasteiger partial charge >= 0.3 is 6.09 Å². The molecule has 200 valence electrons. The van der Waals surface area contributed by atoms with Crippen LogP contribution in [-0.4, -0.2) is 45.6 Å². The Morgan fingerprint density at radius 3 is 2.30 bits per heavy atom. The maximum atomic E-state index is 14.0. The largest absolute Gasteiger partial charge is 0.508 e. The van der Waals surface area contributed by atoms with E-state index in [-0.39, 0.29) is 17.7 Å². The van der Waals surface area contributed by atoms with Crippen LogP contribution in [0.3, 0.4) is 0 Å². The number of anilines is 1. The predicted molar refractivity (Wildman–Crippen MR) is 144 cm³/mol. The highest BCUT2D eigenvalue weighted by Gasteiger charge is 2.45. The monoisotopic (exact) mass is 529 g/mol. The normalized spacial score (nSPS) is 15.0. The van der Waals surface area contributed by atoms with E-state index >= 15 is 0 Å². The number of phenolic OH excluding ortho intramolecular Hbond substituents is 1. The van der Waals surface area contributed by atoms with Crippen molar-refractivity contribution < 1.29 is 24.2 Å². The Morgan fingerprint density at radius 2 is 1.76 bits per heavy atom. The summed E-state index contributed by atoms with van der Waals surface area (Å²) in [5, 5.41) is 16.2. The lowest BCUT2D eigenvalue weighted by Gasteiger charge is -2.36. The van der Waals surface area contributed by atoms with Gasteiger partial charge in [0.2, 0.25) is 5.91 Å². The van der Waals surface area contributed by atoms with Crippen molar-refractivity contribution in [2.75, 3.05) is 5.32 Å². The fourth-order valence-electron chi connectivity index (χ4n) is 4.09. The second-order valence-electron chi connectivity index (χ2n) is 10.8.